The topological polar surface area (TPSA) is 97.8 Å². The molecule has 0 bridgehead atoms. The molecule has 0 atom stereocenters. The maximum Gasteiger partial charge on any atom is 0.161 e. The molecule has 8 nitrogen and oxygen atoms in total. The van der Waals surface area contributed by atoms with E-state index in [0.717, 1.165) is 48.9 Å². The number of pyridine rings is 1. The van der Waals surface area contributed by atoms with Crippen molar-refractivity contribution in [3.8, 4) is 40.0 Å². The van der Waals surface area contributed by atoms with E-state index in [-0.39, 0.29) is 6.10 Å². The van der Waals surface area contributed by atoms with E-state index in [0.29, 0.717) is 52.7 Å². The van der Waals surface area contributed by atoms with Crippen molar-refractivity contribution in [2.24, 2.45) is 0 Å². The van der Waals surface area contributed by atoms with Gasteiger partial charge in [0.15, 0.2) is 5.58 Å². The molecule has 0 spiro atoms. The van der Waals surface area contributed by atoms with E-state index in [9.17, 15) is 10.1 Å². The molecule has 0 saturated carbocycles. The van der Waals surface area contributed by atoms with Gasteiger partial charge in [-0.3, -0.25) is 9.78 Å². The van der Waals surface area contributed by atoms with Crippen LogP contribution in [0.25, 0.3) is 33.6 Å². The number of aldehydes is 1. The lowest BCUT2D eigenvalue weighted by atomic mass is 10.0. The van der Waals surface area contributed by atoms with Crippen LogP contribution in [0.15, 0.2) is 59.1 Å². The van der Waals surface area contributed by atoms with Crippen molar-refractivity contribution in [3.05, 3.63) is 65.9 Å². The van der Waals surface area contributed by atoms with Gasteiger partial charge in [-0.05, 0) is 56.0 Å². The van der Waals surface area contributed by atoms with Crippen molar-refractivity contribution in [1.82, 2.24) is 9.88 Å². The third kappa shape index (κ3) is 6.68. The lowest BCUT2D eigenvalue weighted by molar-refractivity contribution is 0.0254. The summed E-state index contributed by atoms with van der Waals surface area (Å²) < 4.78 is 23.2. The van der Waals surface area contributed by atoms with E-state index in [4.69, 9.17) is 18.6 Å². The van der Waals surface area contributed by atoms with Gasteiger partial charge in [-0.1, -0.05) is 26.0 Å². The van der Waals surface area contributed by atoms with Crippen molar-refractivity contribution in [1.29, 1.82) is 5.26 Å². The zero-order valence-corrected chi connectivity index (χ0v) is 23.5. The Labute approximate surface area is 235 Å². The first-order chi connectivity index (χ1) is 19.5. The van der Waals surface area contributed by atoms with Crippen LogP contribution in [0.1, 0.15) is 42.6 Å². The number of carbonyl (C=O) groups excluding carboxylic acids is 1. The van der Waals surface area contributed by atoms with Crippen LogP contribution in [-0.2, 0) is 4.74 Å². The number of nitriles is 1. The third-order valence-corrected chi connectivity index (χ3v) is 6.99. The molecule has 8 heteroatoms. The molecule has 2 aromatic carbocycles. The van der Waals surface area contributed by atoms with Gasteiger partial charge in [0.2, 0.25) is 0 Å². The van der Waals surface area contributed by atoms with Gasteiger partial charge in [0.25, 0.3) is 0 Å². The van der Waals surface area contributed by atoms with Gasteiger partial charge in [-0.2, -0.15) is 5.26 Å². The molecule has 0 amide bonds. The zero-order chi connectivity index (χ0) is 28.5. The lowest BCUT2D eigenvalue weighted by Crippen LogP contribution is -2.26. The van der Waals surface area contributed by atoms with Crippen molar-refractivity contribution < 1.29 is 23.4 Å². The highest BCUT2D eigenvalue weighted by Gasteiger charge is 2.19. The highest BCUT2D eigenvalue weighted by molar-refractivity contribution is 5.93. The van der Waals surface area contributed by atoms with Crippen LogP contribution in [0, 0.1) is 11.3 Å². The minimum Gasteiger partial charge on any atom is -0.496 e. The second-order valence-electron chi connectivity index (χ2n) is 9.50. The number of ether oxygens (including phenoxy) is 3. The number of carbonyl (C=O) groups is 1. The first-order valence-corrected chi connectivity index (χ1v) is 13.5. The summed E-state index contributed by atoms with van der Waals surface area (Å²) in [7, 11) is 3.66. The monoisotopic (exact) mass is 541 g/mol. The summed E-state index contributed by atoms with van der Waals surface area (Å²) in [5, 5.41) is 9.76. The summed E-state index contributed by atoms with van der Waals surface area (Å²) in [6.07, 6.45) is 4.15. The fourth-order valence-corrected chi connectivity index (χ4v) is 4.37. The summed E-state index contributed by atoms with van der Waals surface area (Å²) in [5.41, 5.74) is 4.61. The van der Waals surface area contributed by atoms with Crippen LogP contribution >= 0.6 is 0 Å². The van der Waals surface area contributed by atoms with E-state index in [1.54, 1.807) is 31.5 Å². The van der Waals surface area contributed by atoms with Gasteiger partial charge in [0, 0.05) is 36.2 Å². The third-order valence-electron chi connectivity index (χ3n) is 6.99. The second kappa shape index (κ2) is 13.7. The van der Waals surface area contributed by atoms with Gasteiger partial charge in [0.1, 0.15) is 41.2 Å². The second-order valence-corrected chi connectivity index (χ2v) is 9.50. The average Bonchev–Trinajstić information content (AvgIpc) is 3.45. The summed E-state index contributed by atoms with van der Waals surface area (Å²) in [6.45, 7) is 7.98. The van der Waals surface area contributed by atoms with Crippen molar-refractivity contribution in [3.63, 3.8) is 0 Å². The zero-order valence-electron chi connectivity index (χ0n) is 23.5. The quantitative estimate of drug-likeness (QED) is 0.237. The Morgan fingerprint density at radius 2 is 1.82 bits per heavy atom. The van der Waals surface area contributed by atoms with Gasteiger partial charge in [-0.25, -0.2) is 0 Å². The number of methoxy groups -OCH3 is 1. The number of nitrogens with zero attached hydrogens (tertiary/aromatic N) is 3. The number of aromatic nitrogens is 1. The number of hydrogen-bond acceptors (Lipinski definition) is 8. The number of furan rings is 1. The Bertz CT molecular complexity index is 1480. The molecule has 3 heterocycles. The molecular weight excluding hydrogens is 506 g/mol. The molecule has 1 aliphatic heterocycles. The van der Waals surface area contributed by atoms with Gasteiger partial charge >= 0.3 is 0 Å². The molecule has 1 fully saturated rings. The van der Waals surface area contributed by atoms with Gasteiger partial charge in [0.05, 0.1) is 31.5 Å². The van der Waals surface area contributed by atoms with Crippen molar-refractivity contribution in [2.75, 3.05) is 40.5 Å². The van der Waals surface area contributed by atoms with Gasteiger partial charge < -0.3 is 23.5 Å². The molecule has 0 unspecified atom stereocenters. The highest BCUT2D eigenvalue weighted by atomic mass is 16.5. The number of fused-ring (bicyclic) bond motifs is 1. The van der Waals surface area contributed by atoms with Crippen LogP contribution in [0.5, 0.6) is 11.5 Å². The predicted molar refractivity (Wildman–Crippen MR) is 155 cm³/mol. The molecule has 0 aliphatic carbocycles. The van der Waals surface area contributed by atoms with Crippen LogP contribution in [0.2, 0.25) is 0 Å². The molecular formula is C32H35N3O5. The Morgan fingerprint density at radius 1 is 1.05 bits per heavy atom. The van der Waals surface area contributed by atoms with Gasteiger partial charge in [-0.15, -0.1) is 0 Å². The highest BCUT2D eigenvalue weighted by Crippen LogP contribution is 2.38. The largest absolute Gasteiger partial charge is 0.496 e. The van der Waals surface area contributed by atoms with E-state index in [2.05, 4.69) is 36.8 Å². The molecule has 4 aromatic rings. The minimum absolute atomic E-state index is 0.0487. The van der Waals surface area contributed by atoms with Crippen molar-refractivity contribution in [2.45, 2.75) is 32.8 Å². The lowest BCUT2D eigenvalue weighted by Gasteiger charge is -2.23. The summed E-state index contributed by atoms with van der Waals surface area (Å²) >= 11 is 0. The van der Waals surface area contributed by atoms with E-state index in [1.165, 1.54) is 0 Å². The van der Waals surface area contributed by atoms with Crippen molar-refractivity contribution >= 4 is 17.4 Å². The molecule has 1 saturated heterocycles. The molecule has 208 valence electrons. The molecule has 5 rings (SSSR count). The fourth-order valence-electron chi connectivity index (χ4n) is 4.37. The number of benzene rings is 2. The summed E-state index contributed by atoms with van der Waals surface area (Å²) in [5.74, 6) is 1.68. The molecule has 0 N–H and O–H groups in total. The summed E-state index contributed by atoms with van der Waals surface area (Å²) in [4.78, 5) is 17.8. The van der Waals surface area contributed by atoms with Crippen LogP contribution in [-0.4, -0.2) is 62.7 Å². The summed E-state index contributed by atoms with van der Waals surface area (Å²) in [6, 6.07) is 16.7. The fraction of sp³-hybridized carbons (Fsp3) is 0.344. The standard InChI is InChI=1S/C27H22N2O5.C5H13N/c1-31-25-12-17(16-30)2-4-22(25)26-14-23-27(34-26)21(6-9-29-23)18-3-5-24(19(13-18)15-28)33-20-7-10-32-11-8-20;1-4-6(3)5-2/h2-6,9,12-14,16,20H,7-8,10-11H2,1H3;4-5H2,1-3H3. The van der Waals surface area contributed by atoms with Crippen LogP contribution in [0.3, 0.4) is 0 Å². The van der Waals surface area contributed by atoms with Crippen LogP contribution in [0.4, 0.5) is 0 Å². The maximum atomic E-state index is 11.1. The van der Waals surface area contributed by atoms with E-state index in [1.807, 2.05) is 30.3 Å². The Morgan fingerprint density at radius 3 is 2.48 bits per heavy atom. The van der Waals surface area contributed by atoms with E-state index >= 15 is 0 Å². The number of hydrogen-bond donors (Lipinski definition) is 0. The Kier molecular flexibility index (Phi) is 9.90. The number of rotatable bonds is 8. The molecule has 0 radical (unpaired) electrons. The predicted octanol–water partition coefficient (Wildman–Crippen LogP) is 6.37. The van der Waals surface area contributed by atoms with E-state index < -0.39 is 0 Å². The normalized spacial score (nSPS) is 13.4. The molecule has 1 aliphatic rings. The first-order valence-electron chi connectivity index (χ1n) is 13.5. The smallest absolute Gasteiger partial charge is 0.161 e. The Hall–Kier alpha value is -4.19. The maximum absolute atomic E-state index is 11.1. The molecule has 40 heavy (non-hydrogen) atoms. The molecule has 2 aromatic heterocycles. The average molecular weight is 542 g/mol. The SMILES string of the molecule is CCN(C)CC.COc1cc(C=O)ccc1-c1cc2nccc(-c3ccc(OC4CCOCC4)c(C#N)c3)c2o1. The minimum atomic E-state index is 0.0487. The Balaban J connectivity index is 0.000000557. The van der Waals surface area contributed by atoms with Crippen LogP contribution < -0.4 is 9.47 Å². The first kappa shape index (κ1) is 28.8.